The highest BCUT2D eigenvalue weighted by molar-refractivity contribution is 5.19. The topological polar surface area (TPSA) is 92.3 Å². The molecule has 2 fully saturated rings. The Kier molecular flexibility index (Phi) is 19.3. The molecule has 374 valence electrons. The van der Waals surface area contributed by atoms with Crippen LogP contribution in [0.2, 0.25) is 0 Å². The van der Waals surface area contributed by atoms with Crippen LogP contribution < -0.4 is 0 Å². The fourth-order valence-electron chi connectivity index (χ4n) is 9.22. The standard InChI is InChI=1S/C62H66O10/c1-46-56(59(67-41-51-31-17-6-18-32-51)57(65-39-49-27-13-4-14-28-49)54(70-46)44-63-37-47-23-9-2-10-24-47)72-62-61(69-43-53-35-21-8-22-36-53)60(68-42-52-33-19-7-20-34-52)58(66-40-50-29-15-5-16-30-50)55(71-62)45-64-38-48-25-11-3-12-26-48/h2-36,46,54-62H,37-45H2,1H3/t46-,54?,55?,56+,57-,58-,59?,60?,61+,62-/m1/s1. The van der Waals surface area contributed by atoms with Crippen LogP contribution in [-0.4, -0.2) is 74.4 Å². The maximum atomic E-state index is 7.43. The minimum Gasteiger partial charge on any atom is -0.374 e. The predicted molar refractivity (Wildman–Crippen MR) is 275 cm³/mol. The fraction of sp³-hybridized carbons (Fsp3) is 0.323. The Hall–Kier alpha value is -5.86. The normalized spacial score (nSPS) is 24.2. The molecule has 10 nitrogen and oxygen atoms in total. The number of rotatable bonds is 25. The largest absolute Gasteiger partial charge is 0.374 e. The van der Waals surface area contributed by atoms with Crippen molar-refractivity contribution >= 4 is 0 Å². The SMILES string of the molecule is C[C@H]1OC(COCc2ccccc2)[C@@H](OCc2ccccc2)C(OCc2ccccc2)[C@H]1O[C@H]1OC(COCc2ccccc2)[C@@H](OCc2ccccc2)C(OCc2ccccc2)[C@@H]1OCc1ccccc1. The van der Waals surface area contributed by atoms with Crippen LogP contribution in [0, 0.1) is 0 Å². The molecule has 0 radical (unpaired) electrons. The van der Waals surface area contributed by atoms with Crippen LogP contribution in [0.5, 0.6) is 0 Å². The highest BCUT2D eigenvalue weighted by Gasteiger charge is 2.53. The van der Waals surface area contributed by atoms with Crippen molar-refractivity contribution in [1.82, 2.24) is 0 Å². The maximum absolute atomic E-state index is 7.43. The quantitative estimate of drug-likeness (QED) is 0.0551. The zero-order valence-electron chi connectivity index (χ0n) is 40.9. The smallest absolute Gasteiger partial charge is 0.187 e. The summed E-state index contributed by atoms with van der Waals surface area (Å²) < 4.78 is 69.7. The molecule has 0 amide bonds. The molecule has 0 spiro atoms. The Labute approximate surface area is 424 Å². The molecular formula is C62H66O10. The van der Waals surface area contributed by atoms with E-state index < -0.39 is 61.2 Å². The van der Waals surface area contributed by atoms with Gasteiger partial charge in [0.1, 0.15) is 48.8 Å². The van der Waals surface area contributed by atoms with Gasteiger partial charge >= 0.3 is 0 Å². The fourth-order valence-corrected chi connectivity index (χ4v) is 9.22. The predicted octanol–water partition coefficient (Wildman–Crippen LogP) is 11.2. The second kappa shape index (κ2) is 27.3. The summed E-state index contributed by atoms with van der Waals surface area (Å²) >= 11 is 0. The molecule has 0 bridgehead atoms. The Morgan fingerprint density at radius 3 is 0.889 bits per heavy atom. The molecule has 4 unspecified atom stereocenters. The van der Waals surface area contributed by atoms with Crippen LogP contribution in [0.3, 0.4) is 0 Å². The van der Waals surface area contributed by atoms with Gasteiger partial charge in [-0.25, -0.2) is 0 Å². The average Bonchev–Trinajstić information content (AvgIpc) is 3.43. The molecule has 2 aliphatic heterocycles. The van der Waals surface area contributed by atoms with Crippen molar-refractivity contribution in [2.75, 3.05) is 13.2 Å². The first-order chi connectivity index (χ1) is 35.6. The molecule has 0 saturated carbocycles. The molecule has 2 heterocycles. The van der Waals surface area contributed by atoms with Crippen LogP contribution in [0.25, 0.3) is 0 Å². The molecular weight excluding hydrogens is 905 g/mol. The van der Waals surface area contributed by atoms with Gasteiger partial charge in [0, 0.05) is 0 Å². The lowest BCUT2D eigenvalue weighted by atomic mass is 9.94. The third-order valence-electron chi connectivity index (χ3n) is 13.0. The van der Waals surface area contributed by atoms with Gasteiger partial charge in [0.05, 0.1) is 65.6 Å². The van der Waals surface area contributed by atoms with E-state index in [1.807, 2.05) is 159 Å². The molecule has 7 aromatic carbocycles. The van der Waals surface area contributed by atoms with E-state index in [1.54, 1.807) is 0 Å². The van der Waals surface area contributed by atoms with Gasteiger partial charge in [-0.15, -0.1) is 0 Å². The van der Waals surface area contributed by atoms with E-state index in [4.69, 9.17) is 47.4 Å². The average molecular weight is 971 g/mol. The third kappa shape index (κ3) is 14.9. The van der Waals surface area contributed by atoms with Gasteiger partial charge in [0.25, 0.3) is 0 Å². The van der Waals surface area contributed by atoms with Gasteiger partial charge in [-0.05, 0) is 45.9 Å². The Balaban J connectivity index is 1.07. The summed E-state index contributed by atoms with van der Waals surface area (Å²) in [4.78, 5) is 0. The molecule has 7 aromatic rings. The van der Waals surface area contributed by atoms with Crippen molar-refractivity contribution in [2.45, 2.75) is 114 Å². The Bertz CT molecular complexity index is 2540. The summed E-state index contributed by atoms with van der Waals surface area (Å²) in [7, 11) is 0. The molecule has 10 atom stereocenters. The van der Waals surface area contributed by atoms with Gasteiger partial charge in [-0.2, -0.15) is 0 Å². The number of benzene rings is 7. The van der Waals surface area contributed by atoms with Gasteiger partial charge in [0.15, 0.2) is 6.29 Å². The van der Waals surface area contributed by atoms with Gasteiger partial charge in [-0.1, -0.05) is 212 Å². The van der Waals surface area contributed by atoms with Crippen molar-refractivity contribution in [3.8, 4) is 0 Å². The third-order valence-corrected chi connectivity index (χ3v) is 13.0. The first kappa shape index (κ1) is 51.1. The molecule has 72 heavy (non-hydrogen) atoms. The molecule has 2 saturated heterocycles. The Morgan fingerprint density at radius 1 is 0.292 bits per heavy atom. The minimum absolute atomic E-state index is 0.180. The summed E-state index contributed by atoms with van der Waals surface area (Å²) in [6.07, 6.45) is -6.88. The summed E-state index contributed by atoms with van der Waals surface area (Å²) in [5.41, 5.74) is 7.13. The summed E-state index contributed by atoms with van der Waals surface area (Å²) in [5, 5.41) is 0. The van der Waals surface area contributed by atoms with Gasteiger partial charge in [0.2, 0.25) is 0 Å². The molecule has 9 rings (SSSR count). The second-order valence-electron chi connectivity index (χ2n) is 18.3. The summed E-state index contributed by atoms with van der Waals surface area (Å²) in [5.74, 6) is 0. The monoisotopic (exact) mass is 970 g/mol. The number of hydrogen-bond donors (Lipinski definition) is 0. The van der Waals surface area contributed by atoms with E-state index >= 15 is 0 Å². The second-order valence-corrected chi connectivity index (χ2v) is 18.3. The van der Waals surface area contributed by atoms with Crippen LogP contribution in [0.1, 0.15) is 45.9 Å². The molecule has 2 aliphatic rings. The van der Waals surface area contributed by atoms with Crippen molar-refractivity contribution in [3.05, 3.63) is 251 Å². The molecule has 0 aromatic heterocycles. The van der Waals surface area contributed by atoms with Crippen LogP contribution in [0.4, 0.5) is 0 Å². The van der Waals surface area contributed by atoms with Crippen molar-refractivity contribution in [1.29, 1.82) is 0 Å². The number of hydrogen-bond acceptors (Lipinski definition) is 10. The van der Waals surface area contributed by atoms with Crippen LogP contribution in [-0.2, 0) is 93.6 Å². The number of ether oxygens (including phenoxy) is 10. The summed E-state index contributed by atoms with van der Waals surface area (Å²) in [6, 6.07) is 70.9. The van der Waals surface area contributed by atoms with E-state index in [1.165, 1.54) is 0 Å². The van der Waals surface area contributed by atoms with E-state index in [0.29, 0.717) is 33.0 Å². The summed E-state index contributed by atoms with van der Waals surface area (Å²) in [6.45, 7) is 4.71. The van der Waals surface area contributed by atoms with E-state index in [9.17, 15) is 0 Å². The van der Waals surface area contributed by atoms with E-state index in [0.717, 1.165) is 38.9 Å². The highest BCUT2D eigenvalue weighted by Crippen LogP contribution is 2.36. The van der Waals surface area contributed by atoms with E-state index in [-0.39, 0.29) is 26.4 Å². The zero-order chi connectivity index (χ0) is 49.0. The minimum atomic E-state index is -1.02. The van der Waals surface area contributed by atoms with Crippen LogP contribution in [0.15, 0.2) is 212 Å². The first-order valence-corrected chi connectivity index (χ1v) is 25.1. The van der Waals surface area contributed by atoms with Gasteiger partial charge < -0.3 is 47.4 Å². The molecule has 0 N–H and O–H groups in total. The van der Waals surface area contributed by atoms with Crippen molar-refractivity contribution in [2.24, 2.45) is 0 Å². The van der Waals surface area contributed by atoms with E-state index in [2.05, 4.69) is 60.7 Å². The van der Waals surface area contributed by atoms with Crippen molar-refractivity contribution in [3.63, 3.8) is 0 Å². The molecule has 0 aliphatic carbocycles. The lowest BCUT2D eigenvalue weighted by molar-refractivity contribution is -0.361. The molecule has 10 heteroatoms. The van der Waals surface area contributed by atoms with Crippen LogP contribution >= 0.6 is 0 Å². The maximum Gasteiger partial charge on any atom is 0.187 e. The zero-order valence-corrected chi connectivity index (χ0v) is 40.9. The lowest BCUT2D eigenvalue weighted by Crippen LogP contribution is -2.65. The van der Waals surface area contributed by atoms with Gasteiger partial charge in [-0.3, -0.25) is 0 Å². The Morgan fingerprint density at radius 2 is 0.556 bits per heavy atom. The lowest BCUT2D eigenvalue weighted by Gasteiger charge is -2.50. The van der Waals surface area contributed by atoms with Crippen molar-refractivity contribution < 1.29 is 47.4 Å². The highest BCUT2D eigenvalue weighted by atomic mass is 16.7. The first-order valence-electron chi connectivity index (χ1n) is 25.1.